The van der Waals surface area contributed by atoms with E-state index in [0.29, 0.717) is 12.3 Å². The van der Waals surface area contributed by atoms with Crippen LogP contribution in [-0.4, -0.2) is 28.9 Å². The van der Waals surface area contributed by atoms with Crippen LogP contribution in [0.3, 0.4) is 0 Å². The zero-order valence-corrected chi connectivity index (χ0v) is 12.3. The average molecular weight is 292 g/mol. The van der Waals surface area contributed by atoms with Gasteiger partial charge >= 0.3 is 0 Å². The van der Waals surface area contributed by atoms with Gasteiger partial charge in [0.15, 0.2) is 0 Å². The maximum absolute atomic E-state index is 12.3. The van der Waals surface area contributed by atoms with Crippen molar-refractivity contribution in [1.29, 1.82) is 0 Å². The van der Waals surface area contributed by atoms with E-state index in [9.17, 15) is 4.79 Å². The quantitative estimate of drug-likeness (QED) is 0.870. The van der Waals surface area contributed by atoms with Gasteiger partial charge in [0.1, 0.15) is 0 Å². The number of nitrogens with zero attached hydrogens (tertiary/aromatic N) is 2. The van der Waals surface area contributed by atoms with Crippen molar-refractivity contribution >= 4 is 28.6 Å². The van der Waals surface area contributed by atoms with Crippen LogP contribution in [-0.2, 0) is 11.2 Å². The van der Waals surface area contributed by atoms with Gasteiger partial charge in [0, 0.05) is 30.6 Å². The van der Waals surface area contributed by atoms with Crippen LogP contribution in [0, 0.1) is 0 Å². The van der Waals surface area contributed by atoms with Crippen molar-refractivity contribution in [2.24, 2.45) is 0 Å². The molecule has 1 aliphatic heterocycles. The summed E-state index contributed by atoms with van der Waals surface area (Å²) in [6.07, 6.45) is 4.62. The first kappa shape index (κ1) is 12.8. The number of amides is 1. The van der Waals surface area contributed by atoms with Gasteiger partial charge in [-0.1, -0.05) is 0 Å². The van der Waals surface area contributed by atoms with E-state index < -0.39 is 0 Å². The summed E-state index contributed by atoms with van der Waals surface area (Å²) in [5.74, 6) is 0.680. The molecule has 0 aliphatic carbocycles. The fourth-order valence-corrected chi connectivity index (χ4v) is 3.96. The molecule has 0 unspecified atom stereocenters. The van der Waals surface area contributed by atoms with Gasteiger partial charge in [0.05, 0.1) is 11.4 Å². The van der Waals surface area contributed by atoms with Crippen LogP contribution in [0.4, 0.5) is 0 Å². The van der Waals surface area contributed by atoms with Crippen molar-refractivity contribution in [2.75, 3.05) is 13.1 Å². The summed E-state index contributed by atoms with van der Waals surface area (Å²) in [5.41, 5.74) is 1.13. The number of aromatic nitrogens is 1. The highest BCUT2D eigenvalue weighted by Crippen LogP contribution is 2.28. The van der Waals surface area contributed by atoms with Crippen molar-refractivity contribution in [1.82, 2.24) is 9.88 Å². The van der Waals surface area contributed by atoms with Crippen LogP contribution >= 0.6 is 22.7 Å². The lowest BCUT2D eigenvalue weighted by atomic mass is 9.98. The van der Waals surface area contributed by atoms with E-state index in [-0.39, 0.29) is 5.91 Å². The molecule has 2 aromatic rings. The second-order valence-corrected chi connectivity index (χ2v) is 6.56. The fourth-order valence-electron chi connectivity index (χ4n) is 2.52. The summed E-state index contributed by atoms with van der Waals surface area (Å²) < 4.78 is 0. The van der Waals surface area contributed by atoms with E-state index in [1.807, 2.05) is 27.9 Å². The molecule has 0 aromatic carbocycles. The molecule has 0 saturated carbocycles. The highest BCUT2D eigenvalue weighted by molar-refractivity contribution is 7.09. The lowest BCUT2D eigenvalue weighted by Crippen LogP contribution is -2.39. The largest absolute Gasteiger partial charge is 0.342 e. The summed E-state index contributed by atoms with van der Waals surface area (Å²) in [6.45, 7) is 1.72. The average Bonchev–Trinajstić information content (AvgIpc) is 3.12. The van der Waals surface area contributed by atoms with Crippen molar-refractivity contribution in [3.8, 4) is 0 Å². The van der Waals surface area contributed by atoms with Crippen LogP contribution in [0.15, 0.2) is 28.4 Å². The van der Waals surface area contributed by atoms with E-state index in [1.165, 1.54) is 5.01 Å². The molecule has 5 heteroatoms. The zero-order chi connectivity index (χ0) is 13.1. The predicted molar refractivity (Wildman–Crippen MR) is 78.7 cm³/mol. The number of carbonyl (C=O) groups excluding carboxylic acids is 1. The Kier molecular flexibility index (Phi) is 3.94. The van der Waals surface area contributed by atoms with Crippen molar-refractivity contribution < 1.29 is 4.79 Å². The Balaban J connectivity index is 1.63. The van der Waals surface area contributed by atoms with Gasteiger partial charge in [0.2, 0.25) is 5.91 Å². The van der Waals surface area contributed by atoms with Gasteiger partial charge < -0.3 is 4.90 Å². The summed E-state index contributed by atoms with van der Waals surface area (Å²) in [4.78, 5) is 18.7. The van der Waals surface area contributed by atoms with Crippen LogP contribution in [0.2, 0.25) is 0 Å². The van der Waals surface area contributed by atoms with Crippen molar-refractivity contribution in [3.05, 3.63) is 39.0 Å². The van der Waals surface area contributed by atoms with E-state index in [0.717, 1.165) is 31.5 Å². The number of hydrogen-bond acceptors (Lipinski definition) is 4. The molecule has 0 bridgehead atoms. The number of carbonyl (C=O) groups is 1. The maximum Gasteiger partial charge on any atom is 0.227 e. The zero-order valence-electron chi connectivity index (χ0n) is 10.6. The fraction of sp³-hybridized carbons (Fsp3) is 0.429. The Hall–Kier alpha value is -1.20. The highest BCUT2D eigenvalue weighted by atomic mass is 32.1. The first-order valence-electron chi connectivity index (χ1n) is 6.51. The Labute approximate surface area is 120 Å². The Bertz CT molecular complexity index is 522. The third-order valence-electron chi connectivity index (χ3n) is 3.51. The molecule has 3 heterocycles. The summed E-state index contributed by atoms with van der Waals surface area (Å²) in [6, 6.07) is 2.03. The predicted octanol–water partition coefficient (Wildman–Crippen LogP) is 3.15. The summed E-state index contributed by atoms with van der Waals surface area (Å²) in [7, 11) is 0. The van der Waals surface area contributed by atoms with Gasteiger partial charge in [-0.25, -0.2) is 4.98 Å². The molecule has 100 valence electrons. The molecule has 3 rings (SSSR count). The number of rotatable bonds is 3. The molecule has 1 atom stereocenters. The third-order valence-corrected chi connectivity index (χ3v) is 5.18. The van der Waals surface area contributed by atoms with E-state index >= 15 is 0 Å². The second-order valence-electron chi connectivity index (χ2n) is 4.86. The Morgan fingerprint density at radius 2 is 2.42 bits per heavy atom. The van der Waals surface area contributed by atoms with E-state index in [1.54, 1.807) is 22.7 Å². The minimum absolute atomic E-state index is 0.250. The van der Waals surface area contributed by atoms with Gasteiger partial charge in [-0.05, 0) is 35.2 Å². The summed E-state index contributed by atoms with van der Waals surface area (Å²) >= 11 is 3.35. The lowest BCUT2D eigenvalue weighted by Gasteiger charge is -2.31. The lowest BCUT2D eigenvalue weighted by molar-refractivity contribution is -0.131. The molecule has 0 spiro atoms. The first-order valence-corrected chi connectivity index (χ1v) is 8.33. The second kappa shape index (κ2) is 5.84. The number of piperidine rings is 1. The standard InChI is InChI=1S/C14H16N2OS2/c17-13(8-11-3-6-18-10-11)16-5-1-2-12(9-16)14-15-4-7-19-14/h3-4,6-7,10,12H,1-2,5,8-9H2/t12-/m0/s1. The van der Waals surface area contributed by atoms with Gasteiger partial charge in [-0.2, -0.15) is 11.3 Å². The third kappa shape index (κ3) is 3.04. The number of thiophene rings is 1. The van der Waals surface area contributed by atoms with E-state index in [2.05, 4.69) is 10.4 Å². The molecular formula is C14H16N2OS2. The van der Waals surface area contributed by atoms with Crippen LogP contribution in [0.25, 0.3) is 0 Å². The molecule has 0 radical (unpaired) electrons. The number of thiazole rings is 1. The van der Waals surface area contributed by atoms with Crippen molar-refractivity contribution in [3.63, 3.8) is 0 Å². The summed E-state index contributed by atoms with van der Waals surface area (Å²) in [5, 5.41) is 7.27. The molecule has 1 amide bonds. The van der Waals surface area contributed by atoms with Gasteiger partial charge in [-0.15, -0.1) is 11.3 Å². The Morgan fingerprint density at radius 3 is 3.16 bits per heavy atom. The molecule has 19 heavy (non-hydrogen) atoms. The molecular weight excluding hydrogens is 276 g/mol. The minimum atomic E-state index is 0.250. The van der Waals surface area contributed by atoms with Crippen LogP contribution < -0.4 is 0 Å². The van der Waals surface area contributed by atoms with Crippen molar-refractivity contribution in [2.45, 2.75) is 25.2 Å². The molecule has 2 aromatic heterocycles. The normalized spacial score (nSPS) is 19.6. The Morgan fingerprint density at radius 1 is 1.47 bits per heavy atom. The maximum atomic E-state index is 12.3. The highest BCUT2D eigenvalue weighted by Gasteiger charge is 2.26. The topological polar surface area (TPSA) is 33.2 Å². The molecule has 1 aliphatic rings. The molecule has 1 saturated heterocycles. The minimum Gasteiger partial charge on any atom is -0.342 e. The van der Waals surface area contributed by atoms with Gasteiger partial charge in [0.25, 0.3) is 0 Å². The monoisotopic (exact) mass is 292 g/mol. The molecule has 0 N–H and O–H groups in total. The number of likely N-dealkylation sites (tertiary alicyclic amines) is 1. The van der Waals surface area contributed by atoms with Gasteiger partial charge in [-0.3, -0.25) is 4.79 Å². The van der Waals surface area contributed by atoms with Crippen LogP contribution in [0.1, 0.15) is 29.3 Å². The molecule has 1 fully saturated rings. The first-order chi connectivity index (χ1) is 9.33. The molecule has 3 nitrogen and oxygen atoms in total. The van der Waals surface area contributed by atoms with Crippen LogP contribution in [0.5, 0.6) is 0 Å². The smallest absolute Gasteiger partial charge is 0.227 e. The number of hydrogen-bond donors (Lipinski definition) is 0. The van der Waals surface area contributed by atoms with E-state index in [4.69, 9.17) is 0 Å². The SMILES string of the molecule is O=C(Cc1ccsc1)N1CCC[C@H](c2nccs2)C1.